The summed E-state index contributed by atoms with van der Waals surface area (Å²) in [6.45, 7) is 10.9. The van der Waals surface area contributed by atoms with Gasteiger partial charge in [0.05, 0.1) is 58.4 Å². The largest absolute Gasteiger partial charge is 0.491 e. The highest BCUT2D eigenvalue weighted by Crippen LogP contribution is 2.41. The van der Waals surface area contributed by atoms with Gasteiger partial charge in [0.25, 0.3) is 5.91 Å². The van der Waals surface area contributed by atoms with E-state index in [-0.39, 0.29) is 61.9 Å². The van der Waals surface area contributed by atoms with Crippen LogP contribution >= 0.6 is 23.7 Å². The lowest BCUT2D eigenvalue weighted by Crippen LogP contribution is -2.58. The SMILES string of the molecule is Cc1cc(F)ccc1-c1cc(Cn2ccn(C)c2=N)cc2c1OC[C@H](Cc1ccc(F)c(C(=O)N[C@H](C(=O)N3C[C@H](O)C[C@H]3C(=O)N[C@@H](C)c3ccc(-c4scnc4C)cc3)C(C)(C)C)c1)C2=O.Cl. The number of carbonyl (C=O) groups excluding carboxylic acids is 4. The molecule has 17 heteroatoms. The number of nitrogens with zero attached hydrogens (tertiary/aromatic N) is 4. The summed E-state index contributed by atoms with van der Waals surface area (Å²) in [7, 11) is 1.76. The van der Waals surface area contributed by atoms with Crippen molar-refractivity contribution in [3.05, 3.63) is 147 Å². The maximum atomic E-state index is 15.7. The Morgan fingerprint density at radius 1 is 0.957 bits per heavy atom. The summed E-state index contributed by atoms with van der Waals surface area (Å²) in [6.07, 6.45) is 2.64. The van der Waals surface area contributed by atoms with E-state index in [9.17, 15) is 28.7 Å². The predicted molar refractivity (Wildman–Crippen MR) is 261 cm³/mol. The van der Waals surface area contributed by atoms with Gasteiger partial charge < -0.3 is 34.5 Å². The summed E-state index contributed by atoms with van der Waals surface area (Å²) in [5, 5.41) is 25.0. The van der Waals surface area contributed by atoms with Gasteiger partial charge in [-0.25, -0.2) is 13.8 Å². The molecule has 2 aliphatic rings. The van der Waals surface area contributed by atoms with E-state index in [0.717, 1.165) is 33.3 Å². The average molecular weight is 981 g/mol. The van der Waals surface area contributed by atoms with Crippen LogP contribution in [-0.2, 0) is 29.6 Å². The topological polar surface area (TPSA) is 172 Å². The first-order chi connectivity index (χ1) is 32.3. The number of fused-ring (bicyclic) bond motifs is 1. The third kappa shape index (κ3) is 10.6. The van der Waals surface area contributed by atoms with Crippen molar-refractivity contribution in [2.24, 2.45) is 18.4 Å². The number of thiazole rings is 1. The first kappa shape index (κ1) is 50.4. The number of likely N-dealkylation sites (tertiary alicyclic amines) is 1. The number of ether oxygens (including phenoxy) is 1. The van der Waals surface area contributed by atoms with Gasteiger partial charge in [-0.15, -0.1) is 23.7 Å². The Balaban J connectivity index is 0.00000703. The molecule has 4 N–H and O–H groups in total. The molecule has 4 heterocycles. The fourth-order valence-electron chi connectivity index (χ4n) is 9.11. The average Bonchev–Trinajstić information content (AvgIpc) is 4.00. The normalized spacial score (nSPS) is 17.6. The highest BCUT2D eigenvalue weighted by molar-refractivity contribution is 7.13. The first-order valence-corrected chi connectivity index (χ1v) is 23.4. The van der Waals surface area contributed by atoms with E-state index in [1.165, 1.54) is 29.2 Å². The lowest BCUT2D eigenvalue weighted by Gasteiger charge is -2.35. The molecule has 0 bridgehead atoms. The molecular weight excluding hydrogens is 924 g/mol. The van der Waals surface area contributed by atoms with Gasteiger partial charge in [-0.2, -0.15) is 0 Å². The number of hydrogen-bond donors (Lipinski definition) is 4. The lowest BCUT2D eigenvalue weighted by atomic mass is 9.85. The molecule has 0 aliphatic carbocycles. The van der Waals surface area contributed by atoms with Crippen molar-refractivity contribution in [2.45, 2.75) is 85.2 Å². The van der Waals surface area contributed by atoms with E-state index in [2.05, 4.69) is 15.6 Å². The molecule has 2 aromatic heterocycles. The van der Waals surface area contributed by atoms with E-state index >= 15 is 4.39 Å². The Labute approximate surface area is 409 Å². The molecule has 3 amide bonds. The minimum absolute atomic E-state index is 0. The molecule has 0 saturated carbocycles. The van der Waals surface area contributed by atoms with Crippen LogP contribution in [0.15, 0.2) is 90.7 Å². The summed E-state index contributed by atoms with van der Waals surface area (Å²) in [5.41, 5.74) is 7.06. The number of nitrogens with one attached hydrogen (secondary N) is 3. The highest BCUT2D eigenvalue weighted by atomic mass is 35.5. The number of aliphatic hydroxyl groups is 1. The molecule has 1 fully saturated rings. The molecule has 69 heavy (non-hydrogen) atoms. The molecule has 1 saturated heterocycles. The standard InChI is InChI=1S/C52H55F2N7O6S.ClH/c1-28-18-36(53)13-14-38(28)39-21-32(24-60-17-16-59(7)51(60)55)22-41-44(63)35(26-67-45(39)41)19-31-8-15-42(54)40(20-31)48(64)58-47(52(4,5)6)50(66)61-25-37(62)23-43(61)49(65)57-29(2)33-9-11-34(12-10-33)46-30(3)56-27-68-46;/h8-18,20-22,27,29,35,37,43,47,55,62H,19,23-26H2,1-7H3,(H,57,65)(H,58,64);1H/t29-,35-,37+,43-,47+;/m0./s1. The van der Waals surface area contributed by atoms with Crippen LogP contribution in [0.1, 0.15) is 88.8 Å². The van der Waals surface area contributed by atoms with Crippen LogP contribution in [0.2, 0.25) is 0 Å². The number of benzene rings is 4. The van der Waals surface area contributed by atoms with Crippen molar-refractivity contribution >= 4 is 47.2 Å². The minimum Gasteiger partial charge on any atom is -0.491 e. The Bertz CT molecular complexity index is 3000. The number of aliphatic hydroxyl groups excluding tert-OH is 1. The van der Waals surface area contributed by atoms with Crippen LogP contribution in [0, 0.1) is 42.2 Å². The fraction of sp³-hybridized carbons (Fsp3) is 0.346. The molecule has 5 atom stereocenters. The zero-order valence-corrected chi connectivity index (χ0v) is 41.1. The number of hydrogen-bond acceptors (Lipinski definition) is 9. The molecule has 362 valence electrons. The molecule has 8 rings (SSSR count). The Hall–Kier alpha value is -6.49. The molecule has 2 aliphatic heterocycles. The number of imidazole rings is 1. The van der Waals surface area contributed by atoms with Gasteiger partial charge in [-0.05, 0) is 102 Å². The van der Waals surface area contributed by atoms with Crippen LogP contribution in [0.4, 0.5) is 8.78 Å². The number of halogens is 3. The van der Waals surface area contributed by atoms with Gasteiger partial charge >= 0.3 is 0 Å². The molecule has 0 spiro atoms. The van der Waals surface area contributed by atoms with E-state index in [1.54, 1.807) is 85.3 Å². The van der Waals surface area contributed by atoms with E-state index in [4.69, 9.17) is 10.1 Å². The van der Waals surface area contributed by atoms with Gasteiger partial charge in [0.2, 0.25) is 17.4 Å². The van der Waals surface area contributed by atoms with Gasteiger partial charge in [0, 0.05) is 38.0 Å². The van der Waals surface area contributed by atoms with Gasteiger partial charge in [-0.3, -0.25) is 24.6 Å². The summed E-state index contributed by atoms with van der Waals surface area (Å²) in [5.74, 6) is -3.74. The maximum Gasteiger partial charge on any atom is 0.254 e. The number of β-amino-alcohol motifs (C(OH)–C–C–N with tert-alkyl or cyclic N) is 1. The third-order valence-corrected chi connectivity index (χ3v) is 13.9. The fourth-order valence-corrected chi connectivity index (χ4v) is 9.92. The van der Waals surface area contributed by atoms with Crippen LogP contribution in [0.3, 0.4) is 0 Å². The second-order valence-electron chi connectivity index (χ2n) is 19.0. The number of aromatic nitrogens is 3. The second-order valence-corrected chi connectivity index (χ2v) is 19.9. The van der Waals surface area contributed by atoms with Crippen molar-refractivity contribution in [1.82, 2.24) is 29.7 Å². The van der Waals surface area contributed by atoms with E-state index < -0.39 is 64.9 Å². The second kappa shape index (κ2) is 20.2. The molecular formula is C52H56ClF2N7O6S. The molecule has 0 unspecified atom stereocenters. The lowest BCUT2D eigenvalue weighted by molar-refractivity contribution is -0.142. The van der Waals surface area contributed by atoms with Crippen molar-refractivity contribution < 1.29 is 37.8 Å². The number of rotatable bonds is 12. The Morgan fingerprint density at radius 3 is 2.33 bits per heavy atom. The van der Waals surface area contributed by atoms with Crippen LogP contribution < -0.4 is 21.0 Å². The quantitative estimate of drug-likeness (QED) is 0.0967. The number of ketones is 1. The maximum absolute atomic E-state index is 15.7. The predicted octanol–water partition coefficient (Wildman–Crippen LogP) is 7.88. The molecule has 0 radical (unpaired) electrons. The Morgan fingerprint density at radius 2 is 1.68 bits per heavy atom. The van der Waals surface area contributed by atoms with Crippen molar-refractivity contribution in [1.29, 1.82) is 5.41 Å². The zero-order chi connectivity index (χ0) is 48.8. The molecule has 13 nitrogen and oxygen atoms in total. The summed E-state index contributed by atoms with van der Waals surface area (Å²) in [6, 6.07) is 17.2. The summed E-state index contributed by atoms with van der Waals surface area (Å²) < 4.78 is 39.6. The van der Waals surface area contributed by atoms with Crippen LogP contribution in [-0.4, -0.2) is 79.0 Å². The summed E-state index contributed by atoms with van der Waals surface area (Å²) in [4.78, 5) is 63.4. The molecule has 4 aromatic carbocycles. The van der Waals surface area contributed by atoms with Gasteiger partial charge in [-0.1, -0.05) is 57.2 Å². The monoisotopic (exact) mass is 979 g/mol. The van der Waals surface area contributed by atoms with E-state index in [0.29, 0.717) is 33.6 Å². The third-order valence-electron chi connectivity index (χ3n) is 12.9. The molecule has 6 aromatic rings. The zero-order valence-electron chi connectivity index (χ0n) is 39.4. The van der Waals surface area contributed by atoms with Gasteiger partial charge in [0.15, 0.2) is 5.78 Å². The Kier molecular flexibility index (Phi) is 14.8. The van der Waals surface area contributed by atoms with Crippen molar-refractivity contribution in [2.75, 3.05) is 13.2 Å². The van der Waals surface area contributed by atoms with Crippen LogP contribution in [0.5, 0.6) is 5.75 Å². The van der Waals surface area contributed by atoms with E-state index in [1.807, 2.05) is 44.2 Å². The number of aryl methyl sites for hydroxylation is 3. The number of amides is 3. The first-order valence-electron chi connectivity index (χ1n) is 22.5. The minimum atomic E-state index is -1.23. The number of Topliss-reactive ketones (excluding diaryl/α,β-unsaturated/α-hetero) is 1. The highest BCUT2D eigenvalue weighted by Gasteiger charge is 2.45. The number of carbonyl (C=O) groups is 4. The van der Waals surface area contributed by atoms with Crippen molar-refractivity contribution in [3.63, 3.8) is 0 Å². The smallest absolute Gasteiger partial charge is 0.254 e. The van der Waals surface area contributed by atoms with Crippen molar-refractivity contribution in [3.8, 4) is 27.3 Å². The van der Waals surface area contributed by atoms with Crippen LogP contribution in [0.25, 0.3) is 21.6 Å². The van der Waals surface area contributed by atoms with Gasteiger partial charge in [0.1, 0.15) is 29.5 Å². The summed E-state index contributed by atoms with van der Waals surface area (Å²) >= 11 is 1.55.